The molecule has 18 heavy (non-hydrogen) atoms. The zero-order valence-electron chi connectivity index (χ0n) is 9.37. The Morgan fingerprint density at radius 1 is 1.28 bits per heavy atom. The lowest BCUT2D eigenvalue weighted by Gasteiger charge is -2.16. The Kier molecular flexibility index (Phi) is 3.30. The Morgan fingerprint density at radius 2 is 1.89 bits per heavy atom. The second kappa shape index (κ2) is 4.61. The summed E-state index contributed by atoms with van der Waals surface area (Å²) in [4.78, 5) is 11.0. The molecule has 2 rings (SSSR count). The number of carboxylic acid groups (broad SMARTS) is 1. The standard InChI is InChI=1S/C12H12F3NO2/c13-12(14,15)8-3-1-7(2-4-8)9-5-6-16-10(9)11(17)18/h1-4,9-10,16H,5-6H2,(H,17,18)/t9-,10+/m1/s1. The van der Waals surface area contributed by atoms with E-state index >= 15 is 0 Å². The van der Waals surface area contributed by atoms with E-state index in [4.69, 9.17) is 5.11 Å². The van der Waals surface area contributed by atoms with Crippen molar-refractivity contribution in [2.24, 2.45) is 0 Å². The number of aliphatic carboxylic acids is 1. The van der Waals surface area contributed by atoms with Crippen LogP contribution >= 0.6 is 0 Å². The highest BCUT2D eigenvalue weighted by atomic mass is 19.4. The van der Waals surface area contributed by atoms with E-state index in [0.29, 0.717) is 18.5 Å². The summed E-state index contributed by atoms with van der Waals surface area (Å²) in [6, 6.07) is 3.98. The average molecular weight is 259 g/mol. The first kappa shape index (κ1) is 12.9. The minimum Gasteiger partial charge on any atom is -0.480 e. The molecule has 1 saturated heterocycles. The number of carboxylic acids is 1. The number of alkyl halides is 3. The van der Waals surface area contributed by atoms with Gasteiger partial charge in [0.2, 0.25) is 0 Å². The molecule has 1 aromatic carbocycles. The first-order valence-electron chi connectivity index (χ1n) is 5.53. The third-order valence-electron chi connectivity index (χ3n) is 3.15. The van der Waals surface area contributed by atoms with Crippen LogP contribution in [0.4, 0.5) is 13.2 Å². The highest BCUT2D eigenvalue weighted by molar-refractivity contribution is 5.75. The predicted molar refractivity (Wildman–Crippen MR) is 58.2 cm³/mol. The molecule has 1 heterocycles. The van der Waals surface area contributed by atoms with E-state index in [1.165, 1.54) is 12.1 Å². The summed E-state index contributed by atoms with van der Waals surface area (Å²) in [5.74, 6) is -1.25. The Morgan fingerprint density at radius 3 is 2.39 bits per heavy atom. The molecule has 0 saturated carbocycles. The predicted octanol–water partition coefficient (Wildman–Crippen LogP) is 2.24. The average Bonchev–Trinajstić information content (AvgIpc) is 2.77. The lowest BCUT2D eigenvalue weighted by molar-refractivity contribution is -0.139. The van der Waals surface area contributed by atoms with Gasteiger partial charge in [-0.3, -0.25) is 4.79 Å². The van der Waals surface area contributed by atoms with Crippen LogP contribution in [0.15, 0.2) is 24.3 Å². The maximum Gasteiger partial charge on any atom is 0.416 e. The fourth-order valence-electron chi connectivity index (χ4n) is 2.24. The second-order valence-electron chi connectivity index (χ2n) is 4.28. The highest BCUT2D eigenvalue weighted by Crippen LogP contribution is 2.32. The smallest absolute Gasteiger partial charge is 0.416 e. The van der Waals surface area contributed by atoms with Crippen LogP contribution in [0.3, 0.4) is 0 Å². The third-order valence-corrected chi connectivity index (χ3v) is 3.15. The SMILES string of the molecule is O=C(O)[C@H]1NCC[C@@H]1c1ccc(C(F)(F)F)cc1. The summed E-state index contributed by atoms with van der Waals surface area (Å²) in [5, 5.41) is 11.8. The summed E-state index contributed by atoms with van der Waals surface area (Å²) in [6.07, 6.45) is -3.75. The van der Waals surface area contributed by atoms with E-state index in [0.717, 1.165) is 12.1 Å². The zero-order valence-corrected chi connectivity index (χ0v) is 9.37. The van der Waals surface area contributed by atoms with Crippen LogP contribution in [0.2, 0.25) is 0 Å². The molecule has 0 aromatic heterocycles. The van der Waals surface area contributed by atoms with Gasteiger partial charge in [0.1, 0.15) is 6.04 Å². The number of halogens is 3. The zero-order chi connectivity index (χ0) is 13.3. The van der Waals surface area contributed by atoms with E-state index in [2.05, 4.69) is 5.32 Å². The second-order valence-corrected chi connectivity index (χ2v) is 4.28. The number of nitrogens with one attached hydrogen (secondary N) is 1. The molecular formula is C12H12F3NO2. The van der Waals surface area contributed by atoms with Crippen LogP contribution < -0.4 is 5.32 Å². The van der Waals surface area contributed by atoms with Gasteiger partial charge in [-0.25, -0.2) is 0 Å². The van der Waals surface area contributed by atoms with Gasteiger partial charge in [0.25, 0.3) is 0 Å². The number of hydrogen-bond donors (Lipinski definition) is 2. The van der Waals surface area contributed by atoms with Crippen molar-refractivity contribution in [1.29, 1.82) is 0 Å². The van der Waals surface area contributed by atoms with E-state index in [-0.39, 0.29) is 5.92 Å². The summed E-state index contributed by atoms with van der Waals surface area (Å²) < 4.78 is 37.2. The summed E-state index contributed by atoms with van der Waals surface area (Å²) in [5.41, 5.74) is -0.0931. The molecule has 1 aromatic rings. The van der Waals surface area contributed by atoms with Gasteiger partial charge in [-0.05, 0) is 30.7 Å². The Balaban J connectivity index is 2.22. The lowest BCUT2D eigenvalue weighted by atomic mass is 9.91. The third kappa shape index (κ3) is 2.48. The maximum atomic E-state index is 12.4. The fraction of sp³-hybridized carbons (Fsp3) is 0.417. The van der Waals surface area contributed by atoms with Gasteiger partial charge < -0.3 is 10.4 Å². The quantitative estimate of drug-likeness (QED) is 0.856. The Bertz CT molecular complexity index is 442. The van der Waals surface area contributed by atoms with Gasteiger partial charge in [-0.15, -0.1) is 0 Å². The van der Waals surface area contributed by atoms with Gasteiger partial charge in [0.15, 0.2) is 0 Å². The van der Waals surface area contributed by atoms with Crippen LogP contribution in [0.1, 0.15) is 23.5 Å². The van der Waals surface area contributed by atoms with Gasteiger partial charge in [0, 0.05) is 5.92 Å². The molecule has 3 nitrogen and oxygen atoms in total. The first-order chi connectivity index (χ1) is 8.39. The van der Waals surface area contributed by atoms with Crippen LogP contribution in [0.25, 0.3) is 0 Å². The molecule has 6 heteroatoms. The van der Waals surface area contributed by atoms with Crippen molar-refractivity contribution in [1.82, 2.24) is 5.32 Å². The van der Waals surface area contributed by atoms with Crippen LogP contribution in [0.5, 0.6) is 0 Å². The van der Waals surface area contributed by atoms with Crippen LogP contribution in [-0.2, 0) is 11.0 Å². The summed E-state index contributed by atoms with van der Waals surface area (Å²) in [6.45, 7) is 0.558. The Hall–Kier alpha value is -1.56. The van der Waals surface area contributed by atoms with Crippen molar-refractivity contribution < 1.29 is 23.1 Å². The molecule has 1 aliphatic heterocycles. The molecule has 0 amide bonds. The molecule has 0 radical (unpaired) electrons. The number of carbonyl (C=O) groups is 1. The van der Waals surface area contributed by atoms with Crippen molar-refractivity contribution in [3.8, 4) is 0 Å². The normalized spacial score (nSPS) is 24.2. The van der Waals surface area contributed by atoms with Crippen molar-refractivity contribution in [3.05, 3.63) is 35.4 Å². The van der Waals surface area contributed by atoms with E-state index in [1.807, 2.05) is 0 Å². The van der Waals surface area contributed by atoms with Crippen LogP contribution in [-0.4, -0.2) is 23.7 Å². The molecule has 0 aliphatic carbocycles. The van der Waals surface area contributed by atoms with Gasteiger partial charge in [-0.2, -0.15) is 13.2 Å². The molecule has 0 spiro atoms. The van der Waals surface area contributed by atoms with Gasteiger partial charge in [0.05, 0.1) is 5.56 Å². The molecule has 1 fully saturated rings. The molecule has 2 N–H and O–H groups in total. The van der Waals surface area contributed by atoms with E-state index in [9.17, 15) is 18.0 Å². The summed E-state index contributed by atoms with van der Waals surface area (Å²) in [7, 11) is 0. The monoisotopic (exact) mass is 259 g/mol. The van der Waals surface area contributed by atoms with Crippen molar-refractivity contribution in [2.45, 2.75) is 24.6 Å². The number of rotatable bonds is 2. The van der Waals surface area contributed by atoms with E-state index < -0.39 is 23.8 Å². The molecule has 0 unspecified atom stereocenters. The largest absolute Gasteiger partial charge is 0.480 e. The number of benzene rings is 1. The summed E-state index contributed by atoms with van der Waals surface area (Å²) >= 11 is 0. The molecule has 98 valence electrons. The van der Waals surface area contributed by atoms with Crippen molar-refractivity contribution >= 4 is 5.97 Å². The van der Waals surface area contributed by atoms with Gasteiger partial charge >= 0.3 is 12.1 Å². The van der Waals surface area contributed by atoms with Gasteiger partial charge in [-0.1, -0.05) is 12.1 Å². The van der Waals surface area contributed by atoms with Crippen LogP contribution in [0, 0.1) is 0 Å². The Labute approximate surface area is 102 Å². The molecule has 0 bridgehead atoms. The molecular weight excluding hydrogens is 247 g/mol. The van der Waals surface area contributed by atoms with Crippen molar-refractivity contribution in [2.75, 3.05) is 6.54 Å². The first-order valence-corrected chi connectivity index (χ1v) is 5.53. The minimum absolute atomic E-state index is 0.273. The molecule has 1 aliphatic rings. The molecule has 2 atom stereocenters. The minimum atomic E-state index is -4.36. The number of hydrogen-bond acceptors (Lipinski definition) is 2. The van der Waals surface area contributed by atoms with Crippen molar-refractivity contribution in [3.63, 3.8) is 0 Å². The van der Waals surface area contributed by atoms with E-state index in [1.54, 1.807) is 0 Å². The maximum absolute atomic E-state index is 12.4. The topological polar surface area (TPSA) is 49.3 Å². The highest BCUT2D eigenvalue weighted by Gasteiger charge is 2.35. The fourth-order valence-corrected chi connectivity index (χ4v) is 2.24. The lowest BCUT2D eigenvalue weighted by Crippen LogP contribution is -2.34.